The number of hydrogen-bond acceptors (Lipinski definition) is 3. The van der Waals surface area contributed by atoms with Crippen molar-refractivity contribution in [2.45, 2.75) is 33.9 Å². The minimum absolute atomic E-state index is 0.501. The third kappa shape index (κ3) is 5.00. The van der Waals surface area contributed by atoms with Crippen LogP contribution in [0.25, 0.3) is 10.8 Å². The van der Waals surface area contributed by atoms with Crippen molar-refractivity contribution in [1.29, 1.82) is 0 Å². The van der Waals surface area contributed by atoms with E-state index < -0.39 is 0 Å². The van der Waals surface area contributed by atoms with E-state index in [4.69, 9.17) is 9.47 Å². The fraction of sp³-hybridized carbons (Fsp3) is 0.214. The minimum atomic E-state index is 0.501. The average Bonchev–Trinajstić information content (AvgIpc) is 2.79. The van der Waals surface area contributed by atoms with Gasteiger partial charge in [0.15, 0.2) is 11.5 Å². The Bertz CT molecular complexity index is 1180. The molecule has 0 aliphatic carbocycles. The van der Waals surface area contributed by atoms with Crippen LogP contribution in [-0.2, 0) is 13.2 Å². The number of fused-ring (bicyclic) bond motifs is 1. The molecule has 1 N–H and O–H groups in total. The Labute approximate surface area is 184 Å². The first kappa shape index (κ1) is 20.8. The molecule has 0 aliphatic heterocycles. The summed E-state index contributed by atoms with van der Waals surface area (Å²) in [5.41, 5.74) is 5.98. The third-order valence-corrected chi connectivity index (χ3v) is 5.45. The highest BCUT2D eigenvalue weighted by molar-refractivity contribution is 5.85. The van der Waals surface area contributed by atoms with Gasteiger partial charge >= 0.3 is 0 Å². The molecule has 4 aromatic carbocycles. The van der Waals surface area contributed by atoms with Crippen LogP contribution in [0, 0.1) is 13.8 Å². The maximum atomic E-state index is 6.19. The second-order valence-electron chi connectivity index (χ2n) is 7.81. The predicted molar refractivity (Wildman–Crippen MR) is 129 cm³/mol. The third-order valence-electron chi connectivity index (χ3n) is 5.45. The van der Waals surface area contributed by atoms with Crippen molar-refractivity contribution in [3.05, 3.63) is 101 Å². The van der Waals surface area contributed by atoms with Gasteiger partial charge in [-0.1, -0.05) is 60.7 Å². The van der Waals surface area contributed by atoms with E-state index in [0.717, 1.165) is 29.3 Å². The number of nitrogens with one attached hydrogen (secondary N) is 1. The lowest BCUT2D eigenvalue weighted by Crippen LogP contribution is -2.04. The molecule has 0 fully saturated rings. The maximum absolute atomic E-state index is 6.19. The van der Waals surface area contributed by atoms with Crippen molar-refractivity contribution >= 4 is 16.5 Å². The van der Waals surface area contributed by atoms with E-state index in [1.165, 1.54) is 27.5 Å². The monoisotopic (exact) mass is 411 g/mol. The summed E-state index contributed by atoms with van der Waals surface area (Å²) in [7, 11) is 0. The summed E-state index contributed by atoms with van der Waals surface area (Å²) >= 11 is 0. The zero-order chi connectivity index (χ0) is 21.6. The molecule has 0 aliphatic rings. The number of aryl methyl sites for hydroxylation is 2. The van der Waals surface area contributed by atoms with Crippen molar-refractivity contribution in [3.8, 4) is 11.5 Å². The largest absolute Gasteiger partial charge is 0.490 e. The summed E-state index contributed by atoms with van der Waals surface area (Å²) in [6, 6.07) is 27.3. The lowest BCUT2D eigenvalue weighted by molar-refractivity contribution is 0.270. The van der Waals surface area contributed by atoms with Gasteiger partial charge < -0.3 is 14.8 Å². The summed E-state index contributed by atoms with van der Waals surface area (Å²) in [6.07, 6.45) is 0. The van der Waals surface area contributed by atoms with Crippen LogP contribution in [0.1, 0.15) is 29.2 Å². The first-order valence-electron chi connectivity index (χ1n) is 10.8. The van der Waals surface area contributed by atoms with Crippen LogP contribution < -0.4 is 14.8 Å². The van der Waals surface area contributed by atoms with Gasteiger partial charge in [-0.3, -0.25) is 0 Å². The molecule has 158 valence electrons. The highest BCUT2D eigenvalue weighted by Crippen LogP contribution is 2.31. The molecule has 0 heterocycles. The van der Waals surface area contributed by atoms with Gasteiger partial charge in [0.05, 0.1) is 6.61 Å². The summed E-state index contributed by atoms with van der Waals surface area (Å²) in [6.45, 7) is 8.06. The Hall–Kier alpha value is -3.46. The predicted octanol–water partition coefficient (Wildman–Crippen LogP) is 7.05. The standard InChI is InChI=1S/C28H29NO2/c1-4-30-28-17-22(18-29-26-16-20(2)12-13-21(26)3)14-15-27(28)31-19-24-10-7-9-23-8-5-6-11-25(23)24/h5-17,29H,4,18-19H2,1-3H3. The van der Waals surface area contributed by atoms with Gasteiger partial charge in [0.25, 0.3) is 0 Å². The Kier molecular flexibility index (Phi) is 6.42. The molecule has 31 heavy (non-hydrogen) atoms. The van der Waals surface area contributed by atoms with E-state index in [0.29, 0.717) is 13.2 Å². The van der Waals surface area contributed by atoms with E-state index in [2.05, 4.69) is 92.0 Å². The molecule has 0 unspecified atom stereocenters. The van der Waals surface area contributed by atoms with Gasteiger partial charge in [-0.25, -0.2) is 0 Å². The minimum Gasteiger partial charge on any atom is -0.490 e. The van der Waals surface area contributed by atoms with E-state index in [-0.39, 0.29) is 0 Å². The van der Waals surface area contributed by atoms with Crippen LogP contribution in [0.4, 0.5) is 5.69 Å². The lowest BCUT2D eigenvalue weighted by atomic mass is 10.1. The Morgan fingerprint density at radius 3 is 2.48 bits per heavy atom. The molecule has 4 aromatic rings. The highest BCUT2D eigenvalue weighted by atomic mass is 16.5. The molecule has 0 spiro atoms. The van der Waals surface area contributed by atoms with E-state index in [1.807, 2.05) is 13.0 Å². The topological polar surface area (TPSA) is 30.5 Å². The van der Waals surface area contributed by atoms with Crippen molar-refractivity contribution in [2.24, 2.45) is 0 Å². The summed E-state index contributed by atoms with van der Waals surface area (Å²) in [5, 5.41) is 5.98. The van der Waals surface area contributed by atoms with E-state index in [1.54, 1.807) is 0 Å². The van der Waals surface area contributed by atoms with Crippen molar-refractivity contribution in [3.63, 3.8) is 0 Å². The Morgan fingerprint density at radius 1 is 0.774 bits per heavy atom. The zero-order valence-corrected chi connectivity index (χ0v) is 18.4. The van der Waals surface area contributed by atoms with Crippen LogP contribution in [0.15, 0.2) is 78.9 Å². The normalized spacial score (nSPS) is 10.8. The molecule has 0 amide bonds. The molecule has 3 nitrogen and oxygen atoms in total. The molecular weight excluding hydrogens is 382 g/mol. The lowest BCUT2D eigenvalue weighted by Gasteiger charge is -2.15. The van der Waals surface area contributed by atoms with Crippen LogP contribution in [-0.4, -0.2) is 6.61 Å². The number of hydrogen-bond donors (Lipinski definition) is 1. The SMILES string of the molecule is CCOc1cc(CNc2cc(C)ccc2C)ccc1OCc1cccc2ccccc12. The molecule has 0 saturated heterocycles. The van der Waals surface area contributed by atoms with E-state index >= 15 is 0 Å². The first-order chi connectivity index (χ1) is 15.1. The van der Waals surface area contributed by atoms with Crippen LogP contribution in [0.3, 0.4) is 0 Å². The second-order valence-corrected chi connectivity index (χ2v) is 7.81. The molecule has 0 bridgehead atoms. The average molecular weight is 412 g/mol. The molecule has 0 radical (unpaired) electrons. The van der Waals surface area contributed by atoms with Gasteiger partial charge in [0, 0.05) is 12.2 Å². The number of ether oxygens (including phenoxy) is 2. The maximum Gasteiger partial charge on any atom is 0.161 e. The zero-order valence-electron chi connectivity index (χ0n) is 18.4. The fourth-order valence-electron chi connectivity index (χ4n) is 3.75. The molecule has 0 aromatic heterocycles. The van der Waals surface area contributed by atoms with Crippen LogP contribution in [0.5, 0.6) is 11.5 Å². The highest BCUT2D eigenvalue weighted by Gasteiger charge is 2.09. The van der Waals surface area contributed by atoms with Crippen LogP contribution >= 0.6 is 0 Å². The van der Waals surface area contributed by atoms with Gasteiger partial charge in [-0.15, -0.1) is 0 Å². The Morgan fingerprint density at radius 2 is 1.61 bits per heavy atom. The smallest absolute Gasteiger partial charge is 0.161 e. The van der Waals surface area contributed by atoms with Crippen molar-refractivity contribution < 1.29 is 9.47 Å². The molecule has 4 rings (SSSR count). The van der Waals surface area contributed by atoms with Crippen LogP contribution in [0.2, 0.25) is 0 Å². The molecule has 0 saturated carbocycles. The van der Waals surface area contributed by atoms with Gasteiger partial charge in [-0.05, 0) is 72.0 Å². The fourth-order valence-corrected chi connectivity index (χ4v) is 3.75. The van der Waals surface area contributed by atoms with E-state index in [9.17, 15) is 0 Å². The first-order valence-corrected chi connectivity index (χ1v) is 10.8. The number of rotatable bonds is 8. The quantitative estimate of drug-likeness (QED) is 0.337. The van der Waals surface area contributed by atoms with Gasteiger partial charge in [0.1, 0.15) is 6.61 Å². The molecular formula is C28H29NO2. The number of benzene rings is 4. The molecule has 3 heteroatoms. The Balaban J connectivity index is 1.49. The van der Waals surface area contributed by atoms with Crippen molar-refractivity contribution in [2.75, 3.05) is 11.9 Å². The summed E-state index contributed by atoms with van der Waals surface area (Å²) < 4.78 is 12.1. The molecule has 0 atom stereocenters. The summed E-state index contributed by atoms with van der Waals surface area (Å²) in [5.74, 6) is 1.55. The number of anilines is 1. The van der Waals surface area contributed by atoms with Crippen molar-refractivity contribution in [1.82, 2.24) is 0 Å². The van der Waals surface area contributed by atoms with Gasteiger partial charge in [0.2, 0.25) is 0 Å². The van der Waals surface area contributed by atoms with Gasteiger partial charge in [-0.2, -0.15) is 0 Å². The summed E-state index contributed by atoms with van der Waals surface area (Å²) in [4.78, 5) is 0. The second kappa shape index (κ2) is 9.57.